The molecule has 0 aliphatic carbocycles. The van der Waals surface area contributed by atoms with E-state index in [0.29, 0.717) is 18.7 Å². The molecule has 25 heavy (non-hydrogen) atoms. The van der Waals surface area contributed by atoms with Crippen LogP contribution in [0.2, 0.25) is 0 Å². The predicted molar refractivity (Wildman–Crippen MR) is 98.0 cm³/mol. The molecule has 0 atom stereocenters. The lowest BCUT2D eigenvalue weighted by Crippen LogP contribution is -2.36. The van der Waals surface area contributed by atoms with Crippen LogP contribution < -0.4 is 0 Å². The second-order valence-corrected chi connectivity index (χ2v) is 8.99. The topological polar surface area (TPSA) is 57.7 Å². The lowest BCUT2D eigenvalue weighted by molar-refractivity contribution is 0.0742. The van der Waals surface area contributed by atoms with Crippen LogP contribution in [0, 0.1) is 0 Å². The molecule has 0 spiro atoms. The molecular formula is C19H28N2O3S. The number of amides is 1. The summed E-state index contributed by atoms with van der Waals surface area (Å²) < 4.78 is 27.2. The summed E-state index contributed by atoms with van der Waals surface area (Å²) in [5.41, 5.74) is 0.485. The van der Waals surface area contributed by atoms with Crippen LogP contribution in [0.5, 0.6) is 0 Å². The molecule has 2 heterocycles. The number of hydrogen-bond acceptors (Lipinski definition) is 3. The Morgan fingerprint density at radius 1 is 0.800 bits per heavy atom. The number of carbonyl (C=O) groups excluding carboxylic acids is 1. The van der Waals surface area contributed by atoms with Crippen LogP contribution in [0.3, 0.4) is 0 Å². The van der Waals surface area contributed by atoms with Gasteiger partial charge in [-0.1, -0.05) is 31.7 Å². The lowest BCUT2D eigenvalue weighted by atomic mass is 10.1. The third kappa shape index (κ3) is 4.42. The molecule has 138 valence electrons. The van der Waals surface area contributed by atoms with Crippen molar-refractivity contribution in [3.05, 3.63) is 29.8 Å². The average molecular weight is 365 g/mol. The number of piperidine rings is 1. The Kier molecular flexibility index (Phi) is 6.12. The van der Waals surface area contributed by atoms with Gasteiger partial charge in [-0.2, -0.15) is 4.31 Å². The zero-order valence-electron chi connectivity index (χ0n) is 14.8. The van der Waals surface area contributed by atoms with Crippen molar-refractivity contribution in [1.82, 2.24) is 9.21 Å². The van der Waals surface area contributed by atoms with Crippen molar-refractivity contribution in [2.24, 2.45) is 0 Å². The SMILES string of the molecule is O=C(c1cccc(S(=O)(=O)N2CCCCC2)c1)N1CCCCCCC1. The average Bonchev–Trinajstić information content (AvgIpc) is 2.62. The van der Waals surface area contributed by atoms with Crippen molar-refractivity contribution in [3.63, 3.8) is 0 Å². The third-order valence-corrected chi connectivity index (χ3v) is 7.07. The predicted octanol–water partition coefficient (Wildman–Crippen LogP) is 3.27. The fraction of sp³-hybridized carbons (Fsp3) is 0.632. The summed E-state index contributed by atoms with van der Waals surface area (Å²) in [6, 6.07) is 6.59. The van der Waals surface area contributed by atoms with Crippen molar-refractivity contribution < 1.29 is 13.2 Å². The van der Waals surface area contributed by atoms with E-state index in [-0.39, 0.29) is 10.8 Å². The molecule has 0 aromatic heterocycles. The summed E-state index contributed by atoms with van der Waals surface area (Å²) in [7, 11) is -3.50. The van der Waals surface area contributed by atoms with Gasteiger partial charge in [0.1, 0.15) is 0 Å². The van der Waals surface area contributed by atoms with Gasteiger partial charge in [0.15, 0.2) is 0 Å². The largest absolute Gasteiger partial charge is 0.339 e. The van der Waals surface area contributed by atoms with Crippen LogP contribution in [0.4, 0.5) is 0 Å². The van der Waals surface area contributed by atoms with Gasteiger partial charge in [-0.15, -0.1) is 0 Å². The Labute approximate surface area is 151 Å². The van der Waals surface area contributed by atoms with Crippen molar-refractivity contribution in [1.29, 1.82) is 0 Å². The van der Waals surface area contributed by atoms with Gasteiger partial charge in [-0.05, 0) is 43.9 Å². The van der Waals surface area contributed by atoms with E-state index in [1.54, 1.807) is 28.6 Å². The molecule has 2 saturated heterocycles. The van der Waals surface area contributed by atoms with E-state index < -0.39 is 10.0 Å². The fourth-order valence-corrected chi connectivity index (χ4v) is 5.24. The molecule has 1 amide bonds. The maximum Gasteiger partial charge on any atom is 0.253 e. The van der Waals surface area contributed by atoms with Crippen molar-refractivity contribution in [2.75, 3.05) is 26.2 Å². The number of nitrogens with zero attached hydrogens (tertiary/aromatic N) is 2. The number of sulfonamides is 1. The van der Waals surface area contributed by atoms with Gasteiger partial charge in [0, 0.05) is 31.7 Å². The zero-order chi connectivity index (χ0) is 17.7. The summed E-state index contributed by atoms with van der Waals surface area (Å²) in [5.74, 6) is -0.0439. The molecule has 0 N–H and O–H groups in total. The van der Waals surface area contributed by atoms with E-state index in [4.69, 9.17) is 0 Å². The molecule has 3 rings (SSSR count). The monoisotopic (exact) mass is 364 g/mol. The second-order valence-electron chi connectivity index (χ2n) is 7.05. The molecule has 2 aliphatic rings. The van der Waals surface area contributed by atoms with E-state index in [2.05, 4.69) is 0 Å². The van der Waals surface area contributed by atoms with Gasteiger partial charge < -0.3 is 4.90 Å². The quantitative estimate of drug-likeness (QED) is 0.827. The Balaban J connectivity index is 1.79. The summed E-state index contributed by atoms with van der Waals surface area (Å²) in [4.78, 5) is 15.0. The van der Waals surface area contributed by atoms with E-state index in [0.717, 1.165) is 58.0 Å². The highest BCUT2D eigenvalue weighted by Gasteiger charge is 2.27. The highest BCUT2D eigenvalue weighted by Crippen LogP contribution is 2.22. The number of likely N-dealkylation sites (tertiary alicyclic amines) is 1. The van der Waals surface area contributed by atoms with Crippen LogP contribution in [0.1, 0.15) is 61.7 Å². The van der Waals surface area contributed by atoms with Crippen LogP contribution in [0.25, 0.3) is 0 Å². The lowest BCUT2D eigenvalue weighted by Gasteiger charge is -2.27. The molecule has 0 unspecified atom stereocenters. The van der Waals surface area contributed by atoms with Crippen LogP contribution >= 0.6 is 0 Å². The van der Waals surface area contributed by atoms with Crippen molar-refractivity contribution in [3.8, 4) is 0 Å². The van der Waals surface area contributed by atoms with Crippen LogP contribution in [0.15, 0.2) is 29.2 Å². The Morgan fingerprint density at radius 3 is 2.04 bits per heavy atom. The van der Waals surface area contributed by atoms with E-state index >= 15 is 0 Å². The first-order valence-electron chi connectivity index (χ1n) is 9.48. The first kappa shape index (κ1) is 18.4. The van der Waals surface area contributed by atoms with E-state index in [1.807, 2.05) is 4.90 Å². The molecule has 0 saturated carbocycles. The second kappa shape index (κ2) is 8.32. The van der Waals surface area contributed by atoms with Crippen molar-refractivity contribution >= 4 is 15.9 Å². The van der Waals surface area contributed by atoms with Crippen molar-refractivity contribution in [2.45, 2.75) is 56.3 Å². The number of hydrogen-bond donors (Lipinski definition) is 0. The summed E-state index contributed by atoms with van der Waals surface area (Å²) in [5, 5.41) is 0. The van der Waals surface area contributed by atoms with Gasteiger partial charge in [0.05, 0.1) is 4.90 Å². The normalized spacial score (nSPS) is 20.7. The highest BCUT2D eigenvalue weighted by molar-refractivity contribution is 7.89. The molecule has 1 aromatic rings. The Morgan fingerprint density at radius 2 is 1.36 bits per heavy atom. The molecular weight excluding hydrogens is 336 g/mol. The van der Waals surface area contributed by atoms with Gasteiger partial charge in [0.2, 0.25) is 10.0 Å². The van der Waals surface area contributed by atoms with Gasteiger partial charge in [0.25, 0.3) is 5.91 Å². The summed E-state index contributed by atoms with van der Waals surface area (Å²) in [6.07, 6.45) is 8.51. The number of carbonyl (C=O) groups is 1. The molecule has 6 heteroatoms. The molecule has 2 aliphatic heterocycles. The minimum absolute atomic E-state index is 0.0439. The summed E-state index contributed by atoms with van der Waals surface area (Å²) >= 11 is 0. The smallest absolute Gasteiger partial charge is 0.253 e. The standard InChI is InChI=1S/C19H28N2O3S/c22-19(20-12-5-2-1-3-6-13-20)17-10-9-11-18(16-17)25(23,24)21-14-7-4-8-15-21/h9-11,16H,1-8,12-15H2. The van der Waals surface area contributed by atoms with Crippen LogP contribution in [-0.4, -0.2) is 49.7 Å². The fourth-order valence-electron chi connectivity index (χ4n) is 3.68. The number of benzene rings is 1. The molecule has 0 bridgehead atoms. The molecule has 2 fully saturated rings. The van der Waals surface area contributed by atoms with E-state index in [1.165, 1.54) is 6.42 Å². The molecule has 0 radical (unpaired) electrons. The Hall–Kier alpha value is -1.40. The maximum atomic E-state index is 12.8. The first-order chi connectivity index (χ1) is 12.1. The van der Waals surface area contributed by atoms with Gasteiger partial charge in [-0.3, -0.25) is 4.79 Å². The summed E-state index contributed by atoms with van der Waals surface area (Å²) in [6.45, 7) is 2.68. The Bertz CT molecular complexity index is 688. The molecule has 5 nitrogen and oxygen atoms in total. The van der Waals surface area contributed by atoms with E-state index in [9.17, 15) is 13.2 Å². The third-order valence-electron chi connectivity index (χ3n) is 5.18. The highest BCUT2D eigenvalue weighted by atomic mass is 32.2. The van der Waals surface area contributed by atoms with Gasteiger partial charge in [-0.25, -0.2) is 8.42 Å². The minimum Gasteiger partial charge on any atom is -0.339 e. The zero-order valence-corrected chi connectivity index (χ0v) is 15.6. The first-order valence-corrected chi connectivity index (χ1v) is 10.9. The minimum atomic E-state index is -3.50. The molecule has 1 aromatic carbocycles. The maximum absolute atomic E-state index is 12.8. The number of rotatable bonds is 3. The van der Waals surface area contributed by atoms with Crippen LogP contribution in [-0.2, 0) is 10.0 Å². The van der Waals surface area contributed by atoms with Gasteiger partial charge >= 0.3 is 0 Å².